The van der Waals surface area contributed by atoms with Crippen LogP contribution in [0.5, 0.6) is 0 Å². The van der Waals surface area contributed by atoms with Gasteiger partial charge >= 0.3 is 0 Å². The van der Waals surface area contributed by atoms with Crippen molar-refractivity contribution in [1.29, 1.82) is 0 Å². The lowest BCUT2D eigenvalue weighted by Gasteiger charge is -2.39. The summed E-state index contributed by atoms with van der Waals surface area (Å²) in [5, 5.41) is 13.1. The molecule has 1 aromatic carbocycles. The number of aromatic nitrogens is 5. The van der Waals surface area contributed by atoms with Gasteiger partial charge in [0.1, 0.15) is 0 Å². The van der Waals surface area contributed by atoms with Crippen molar-refractivity contribution in [2.75, 3.05) is 29.4 Å². The summed E-state index contributed by atoms with van der Waals surface area (Å²) >= 11 is 0. The van der Waals surface area contributed by atoms with E-state index in [1.165, 1.54) is 25.0 Å². The third kappa shape index (κ3) is 3.91. The largest absolute Gasteiger partial charge is 0.370 e. The number of rotatable bonds is 4. The normalized spacial score (nSPS) is 24.3. The van der Waals surface area contributed by atoms with Crippen LogP contribution in [0.2, 0.25) is 0 Å². The number of hydrogen-bond acceptors (Lipinski definition) is 6. The summed E-state index contributed by atoms with van der Waals surface area (Å²) in [6, 6.07) is 6.18. The lowest BCUT2D eigenvalue weighted by atomic mass is 9.82. The van der Waals surface area contributed by atoms with Crippen molar-refractivity contribution in [3.05, 3.63) is 53.6 Å². The van der Waals surface area contributed by atoms with Gasteiger partial charge in [-0.25, -0.2) is 13.5 Å². The fourth-order valence-electron chi connectivity index (χ4n) is 6.07. The summed E-state index contributed by atoms with van der Waals surface area (Å²) in [6.07, 6.45) is 7.14. The fraction of sp³-hybridized carbons (Fsp3) is 0.520. The van der Waals surface area contributed by atoms with Crippen LogP contribution in [0.15, 0.2) is 30.5 Å². The zero-order chi connectivity index (χ0) is 23.2. The molecule has 2 bridgehead atoms. The molecule has 1 saturated heterocycles. The summed E-state index contributed by atoms with van der Waals surface area (Å²) < 4.78 is 29.4. The Morgan fingerprint density at radius 3 is 2.53 bits per heavy atom. The Morgan fingerprint density at radius 2 is 1.76 bits per heavy atom. The summed E-state index contributed by atoms with van der Waals surface area (Å²) in [5.74, 6) is 1.71. The molecule has 9 heteroatoms. The smallest absolute Gasteiger partial charge is 0.228 e. The van der Waals surface area contributed by atoms with E-state index in [2.05, 4.69) is 21.2 Å². The number of fused-ring (bicyclic) bond motifs is 3. The molecule has 2 fully saturated rings. The van der Waals surface area contributed by atoms with E-state index in [0.29, 0.717) is 30.0 Å². The number of piperidine rings is 1. The minimum atomic E-state index is -0.837. The predicted molar refractivity (Wildman–Crippen MR) is 125 cm³/mol. The molecule has 3 atom stereocenters. The molecule has 178 valence electrons. The summed E-state index contributed by atoms with van der Waals surface area (Å²) in [4.78, 5) is 9.36. The van der Waals surface area contributed by atoms with E-state index in [9.17, 15) is 8.78 Å². The van der Waals surface area contributed by atoms with Crippen molar-refractivity contribution < 1.29 is 8.78 Å². The van der Waals surface area contributed by atoms with Gasteiger partial charge in [-0.2, -0.15) is 20.3 Å². The molecular formula is C25H29F2N7. The van der Waals surface area contributed by atoms with Crippen LogP contribution in [-0.4, -0.2) is 44.6 Å². The van der Waals surface area contributed by atoms with Crippen molar-refractivity contribution in [2.24, 2.45) is 17.8 Å². The van der Waals surface area contributed by atoms with Crippen LogP contribution in [-0.2, 0) is 13.0 Å². The number of anilines is 3. The van der Waals surface area contributed by atoms with Crippen molar-refractivity contribution in [3.63, 3.8) is 0 Å². The first-order chi connectivity index (χ1) is 16.5. The Labute approximate surface area is 197 Å². The highest BCUT2D eigenvalue weighted by atomic mass is 19.2. The molecule has 1 saturated carbocycles. The van der Waals surface area contributed by atoms with Crippen molar-refractivity contribution in [1.82, 2.24) is 25.0 Å². The van der Waals surface area contributed by atoms with E-state index < -0.39 is 11.6 Å². The van der Waals surface area contributed by atoms with Gasteiger partial charge in [0.05, 0.1) is 17.6 Å². The Bertz CT molecular complexity index is 1180. The molecule has 3 aliphatic rings. The zero-order valence-corrected chi connectivity index (χ0v) is 19.4. The van der Waals surface area contributed by atoms with Crippen LogP contribution in [0.1, 0.15) is 37.2 Å². The summed E-state index contributed by atoms with van der Waals surface area (Å²) in [7, 11) is 0. The molecule has 0 amide bonds. The molecule has 2 aliphatic heterocycles. The Hall–Kier alpha value is -3.10. The maximum atomic E-state index is 13.9. The highest BCUT2D eigenvalue weighted by Gasteiger charge is 2.42. The number of halogens is 2. The molecule has 6 rings (SSSR count). The Kier molecular flexibility index (Phi) is 5.42. The molecule has 3 aromatic rings. The van der Waals surface area contributed by atoms with Gasteiger partial charge in [-0.3, -0.25) is 0 Å². The van der Waals surface area contributed by atoms with Crippen molar-refractivity contribution >= 4 is 17.3 Å². The van der Waals surface area contributed by atoms with Crippen LogP contribution >= 0.6 is 0 Å². The third-order valence-electron chi connectivity index (χ3n) is 7.73. The SMILES string of the molecule is Cc1cc(N2C[C@H]3CC[C@@H](C2)C3Cc2nc3n(n2)CCCCN3c2ccc(F)c(F)c2)cnn1. The van der Waals surface area contributed by atoms with E-state index in [-0.39, 0.29) is 0 Å². The first-order valence-electron chi connectivity index (χ1n) is 12.3. The number of aryl methyl sites for hydroxylation is 2. The predicted octanol–water partition coefficient (Wildman–Crippen LogP) is 4.29. The minimum absolute atomic E-state index is 0.565. The second-order valence-electron chi connectivity index (χ2n) is 9.93. The average Bonchev–Trinajstić information content (AvgIpc) is 3.23. The molecule has 7 nitrogen and oxygen atoms in total. The molecule has 0 radical (unpaired) electrons. The van der Waals surface area contributed by atoms with Gasteiger partial charge in [-0.1, -0.05) is 0 Å². The number of benzene rings is 1. The highest BCUT2D eigenvalue weighted by molar-refractivity contribution is 5.57. The zero-order valence-electron chi connectivity index (χ0n) is 19.4. The quantitative estimate of drug-likeness (QED) is 0.573. The third-order valence-corrected chi connectivity index (χ3v) is 7.73. The molecule has 4 heterocycles. The molecule has 0 spiro atoms. The number of nitrogens with zero attached hydrogens (tertiary/aromatic N) is 7. The molecular weight excluding hydrogens is 436 g/mol. The van der Waals surface area contributed by atoms with Crippen molar-refractivity contribution in [3.8, 4) is 0 Å². The van der Waals surface area contributed by atoms with E-state index in [4.69, 9.17) is 10.1 Å². The second-order valence-corrected chi connectivity index (χ2v) is 9.93. The van der Waals surface area contributed by atoms with Crippen LogP contribution in [0, 0.1) is 36.3 Å². The first-order valence-corrected chi connectivity index (χ1v) is 12.3. The van der Waals surface area contributed by atoms with Gasteiger partial charge in [0.25, 0.3) is 0 Å². The van der Waals surface area contributed by atoms with Gasteiger partial charge in [-0.05, 0) is 68.6 Å². The molecule has 1 unspecified atom stereocenters. The Balaban J connectivity index is 1.22. The van der Waals surface area contributed by atoms with Gasteiger partial charge < -0.3 is 9.80 Å². The van der Waals surface area contributed by atoms with E-state index in [1.54, 1.807) is 6.07 Å². The van der Waals surface area contributed by atoms with Gasteiger partial charge in [-0.15, -0.1) is 0 Å². The standard InChI is InChI=1S/C25H29F2N7/c1-16-10-20(13-28-30-16)32-14-17-4-5-18(15-32)21(17)12-24-29-25-33(8-2-3-9-34(25)31-24)19-6-7-22(26)23(27)11-19/h6-7,10-11,13,17-18,21H,2-5,8-9,12,14-15H2,1H3/t17-,18+,21?. The van der Waals surface area contributed by atoms with Crippen LogP contribution in [0.3, 0.4) is 0 Å². The van der Waals surface area contributed by atoms with Crippen LogP contribution < -0.4 is 9.80 Å². The fourth-order valence-corrected chi connectivity index (χ4v) is 6.07. The van der Waals surface area contributed by atoms with E-state index in [1.807, 2.05) is 22.7 Å². The summed E-state index contributed by atoms with van der Waals surface area (Å²) in [6.45, 7) is 5.55. The van der Waals surface area contributed by atoms with Gasteiger partial charge in [0.2, 0.25) is 5.95 Å². The molecule has 0 N–H and O–H groups in total. The van der Waals surface area contributed by atoms with Gasteiger partial charge in [0.15, 0.2) is 17.5 Å². The number of hydrogen-bond donors (Lipinski definition) is 0. The average molecular weight is 466 g/mol. The summed E-state index contributed by atoms with van der Waals surface area (Å²) in [5.41, 5.74) is 2.73. The first kappa shape index (κ1) is 21.4. The topological polar surface area (TPSA) is 63.0 Å². The molecule has 34 heavy (non-hydrogen) atoms. The monoisotopic (exact) mass is 465 g/mol. The minimum Gasteiger partial charge on any atom is -0.370 e. The second kappa shape index (κ2) is 8.60. The maximum absolute atomic E-state index is 13.9. The maximum Gasteiger partial charge on any atom is 0.228 e. The lowest BCUT2D eigenvalue weighted by Crippen LogP contribution is -2.43. The van der Waals surface area contributed by atoms with Crippen LogP contribution in [0.25, 0.3) is 0 Å². The van der Waals surface area contributed by atoms with Crippen LogP contribution in [0.4, 0.5) is 26.1 Å². The lowest BCUT2D eigenvalue weighted by molar-refractivity contribution is 0.265. The van der Waals surface area contributed by atoms with Gasteiger partial charge in [0, 0.05) is 44.4 Å². The molecule has 1 aliphatic carbocycles. The highest BCUT2D eigenvalue weighted by Crippen LogP contribution is 2.44. The van der Waals surface area contributed by atoms with Crippen molar-refractivity contribution in [2.45, 2.75) is 45.6 Å². The van der Waals surface area contributed by atoms with E-state index >= 15 is 0 Å². The Morgan fingerprint density at radius 1 is 0.971 bits per heavy atom. The van der Waals surface area contributed by atoms with E-state index in [0.717, 1.165) is 62.1 Å². The molecule has 2 aromatic heterocycles.